The highest BCUT2D eigenvalue weighted by Crippen LogP contribution is 2.33. The third-order valence-corrected chi connectivity index (χ3v) is 8.45. The van der Waals surface area contributed by atoms with Crippen LogP contribution in [0, 0.1) is 5.92 Å². The van der Waals surface area contributed by atoms with Gasteiger partial charge in [0.05, 0.1) is 15.6 Å². The number of anilines is 1. The van der Waals surface area contributed by atoms with Gasteiger partial charge in [-0.3, -0.25) is 9.10 Å². The Hall–Kier alpha value is -2.54. The van der Waals surface area contributed by atoms with Gasteiger partial charge in [0.25, 0.3) is 10.0 Å². The molecule has 1 amide bonds. The fourth-order valence-electron chi connectivity index (χ4n) is 4.25. The molecular formula is C26H26Cl2N2O3S. The Labute approximate surface area is 211 Å². The van der Waals surface area contributed by atoms with E-state index in [2.05, 4.69) is 12.1 Å². The largest absolute Gasteiger partial charge is 0.341 e. The van der Waals surface area contributed by atoms with Crippen LogP contribution in [0.4, 0.5) is 5.69 Å². The number of carbonyl (C=O) groups excluding carboxylic acids is 1. The van der Waals surface area contributed by atoms with E-state index >= 15 is 0 Å². The lowest BCUT2D eigenvalue weighted by Gasteiger charge is -2.34. The van der Waals surface area contributed by atoms with Gasteiger partial charge in [-0.05, 0) is 61.1 Å². The lowest BCUT2D eigenvalue weighted by Crippen LogP contribution is -2.46. The number of halogens is 2. The average Bonchev–Trinajstić information content (AvgIpc) is 2.85. The topological polar surface area (TPSA) is 57.7 Å². The lowest BCUT2D eigenvalue weighted by atomic mass is 9.90. The number of hydrogen-bond acceptors (Lipinski definition) is 3. The van der Waals surface area contributed by atoms with Crippen molar-refractivity contribution in [3.63, 3.8) is 0 Å². The zero-order chi connectivity index (χ0) is 24.1. The third-order valence-electron chi connectivity index (χ3n) is 6.12. The van der Waals surface area contributed by atoms with Crippen molar-refractivity contribution in [1.82, 2.24) is 4.90 Å². The molecule has 1 aliphatic heterocycles. The van der Waals surface area contributed by atoms with E-state index in [-0.39, 0.29) is 28.1 Å². The van der Waals surface area contributed by atoms with Gasteiger partial charge in [-0.25, -0.2) is 8.42 Å². The molecule has 1 saturated heterocycles. The van der Waals surface area contributed by atoms with Gasteiger partial charge in [0.1, 0.15) is 6.54 Å². The van der Waals surface area contributed by atoms with E-state index in [1.54, 1.807) is 29.2 Å². The molecule has 0 saturated carbocycles. The summed E-state index contributed by atoms with van der Waals surface area (Å²) in [5.74, 6) is 0.242. The van der Waals surface area contributed by atoms with Crippen LogP contribution in [0.5, 0.6) is 0 Å². The number of sulfonamides is 1. The predicted octanol–water partition coefficient (Wildman–Crippen LogP) is 5.67. The molecule has 178 valence electrons. The Morgan fingerprint density at radius 2 is 1.53 bits per heavy atom. The first-order chi connectivity index (χ1) is 16.3. The Bertz CT molecular complexity index is 1230. The Morgan fingerprint density at radius 3 is 2.18 bits per heavy atom. The highest BCUT2D eigenvalue weighted by Gasteiger charge is 2.31. The molecule has 0 aromatic heterocycles. The molecule has 0 unspecified atom stereocenters. The second kappa shape index (κ2) is 10.8. The SMILES string of the molecule is O=C(CN(c1cc(Cl)ccc1Cl)S(=O)(=O)c1ccccc1)N1CCC(Cc2ccccc2)CC1. The number of amides is 1. The number of benzene rings is 3. The summed E-state index contributed by atoms with van der Waals surface area (Å²) in [6, 6.07) is 22.9. The summed E-state index contributed by atoms with van der Waals surface area (Å²) in [5, 5.41) is 0.542. The van der Waals surface area contributed by atoms with Gasteiger partial charge in [0, 0.05) is 18.1 Å². The van der Waals surface area contributed by atoms with E-state index in [4.69, 9.17) is 23.2 Å². The van der Waals surface area contributed by atoms with E-state index in [1.165, 1.54) is 29.8 Å². The normalized spacial score (nSPS) is 14.7. The number of nitrogens with zero attached hydrogens (tertiary/aromatic N) is 2. The molecule has 0 aliphatic carbocycles. The van der Waals surface area contributed by atoms with E-state index in [1.807, 2.05) is 18.2 Å². The summed E-state index contributed by atoms with van der Waals surface area (Å²) in [6.45, 7) is 0.846. The molecule has 5 nitrogen and oxygen atoms in total. The number of rotatable bonds is 7. The molecule has 1 aliphatic rings. The lowest BCUT2D eigenvalue weighted by molar-refractivity contribution is -0.130. The summed E-state index contributed by atoms with van der Waals surface area (Å²) in [5.41, 5.74) is 1.48. The van der Waals surface area contributed by atoms with Crippen molar-refractivity contribution in [2.45, 2.75) is 24.2 Å². The minimum absolute atomic E-state index is 0.0837. The van der Waals surface area contributed by atoms with Crippen molar-refractivity contribution in [3.05, 3.63) is 94.5 Å². The van der Waals surface area contributed by atoms with Gasteiger partial charge in [0.15, 0.2) is 0 Å². The minimum atomic E-state index is -4.04. The molecule has 0 spiro atoms. The predicted molar refractivity (Wildman–Crippen MR) is 137 cm³/mol. The standard InChI is InChI=1S/C26H26Cl2N2O3S/c27-22-11-12-24(28)25(18-22)30(34(32,33)23-9-5-2-6-10-23)19-26(31)29-15-13-21(14-16-29)17-20-7-3-1-4-8-20/h1-12,18,21H,13-17,19H2. The second-order valence-corrected chi connectivity index (χ2v) is 11.1. The zero-order valence-electron chi connectivity index (χ0n) is 18.6. The summed E-state index contributed by atoms with van der Waals surface area (Å²) in [6.07, 6.45) is 2.74. The van der Waals surface area contributed by atoms with Gasteiger partial charge in [-0.15, -0.1) is 0 Å². The highest BCUT2D eigenvalue weighted by molar-refractivity contribution is 7.92. The number of carbonyl (C=O) groups is 1. The molecule has 0 bridgehead atoms. The molecule has 1 fully saturated rings. The Morgan fingerprint density at radius 1 is 0.912 bits per heavy atom. The molecule has 0 atom stereocenters. The highest BCUT2D eigenvalue weighted by atomic mass is 35.5. The van der Waals surface area contributed by atoms with Crippen LogP contribution in [0.2, 0.25) is 10.0 Å². The Balaban J connectivity index is 1.52. The summed E-state index contributed by atoms with van der Waals surface area (Å²) in [7, 11) is -4.04. The smallest absolute Gasteiger partial charge is 0.264 e. The number of hydrogen-bond donors (Lipinski definition) is 0. The molecule has 3 aromatic carbocycles. The fraction of sp³-hybridized carbons (Fsp3) is 0.269. The summed E-state index contributed by atoms with van der Waals surface area (Å²) in [4.78, 5) is 15.1. The quantitative estimate of drug-likeness (QED) is 0.406. The Kier molecular flexibility index (Phi) is 7.81. The summed E-state index contributed by atoms with van der Waals surface area (Å²) >= 11 is 12.5. The van der Waals surface area contributed by atoms with Crippen molar-refractivity contribution in [2.24, 2.45) is 5.92 Å². The fourth-order valence-corrected chi connectivity index (χ4v) is 6.14. The van der Waals surface area contributed by atoms with E-state index in [0.717, 1.165) is 23.6 Å². The van der Waals surface area contributed by atoms with Gasteiger partial charge in [-0.1, -0.05) is 71.7 Å². The van der Waals surface area contributed by atoms with Gasteiger partial charge in [0.2, 0.25) is 5.91 Å². The number of likely N-dealkylation sites (tertiary alicyclic amines) is 1. The monoisotopic (exact) mass is 516 g/mol. The molecule has 0 N–H and O–H groups in total. The minimum Gasteiger partial charge on any atom is -0.341 e. The van der Waals surface area contributed by atoms with Crippen molar-refractivity contribution in [2.75, 3.05) is 23.9 Å². The van der Waals surface area contributed by atoms with Gasteiger partial charge in [-0.2, -0.15) is 0 Å². The van der Waals surface area contributed by atoms with Crippen molar-refractivity contribution < 1.29 is 13.2 Å². The van der Waals surface area contributed by atoms with Gasteiger partial charge < -0.3 is 4.90 Å². The van der Waals surface area contributed by atoms with Crippen LogP contribution in [0.15, 0.2) is 83.8 Å². The van der Waals surface area contributed by atoms with Crippen LogP contribution in [0.25, 0.3) is 0 Å². The van der Waals surface area contributed by atoms with E-state index < -0.39 is 10.0 Å². The first kappa shape index (κ1) is 24.6. The van der Waals surface area contributed by atoms with Crippen LogP contribution in [-0.2, 0) is 21.2 Å². The molecule has 3 aromatic rings. The first-order valence-corrected chi connectivity index (χ1v) is 13.4. The third kappa shape index (κ3) is 5.74. The second-order valence-electron chi connectivity index (χ2n) is 8.43. The molecule has 34 heavy (non-hydrogen) atoms. The van der Waals surface area contributed by atoms with E-state index in [0.29, 0.717) is 24.0 Å². The molecular weight excluding hydrogens is 491 g/mol. The maximum absolute atomic E-state index is 13.5. The van der Waals surface area contributed by atoms with Crippen LogP contribution in [0.3, 0.4) is 0 Å². The maximum Gasteiger partial charge on any atom is 0.264 e. The average molecular weight is 517 g/mol. The molecule has 0 radical (unpaired) electrons. The van der Waals surface area contributed by atoms with Crippen LogP contribution >= 0.6 is 23.2 Å². The van der Waals surface area contributed by atoms with Crippen LogP contribution in [0.1, 0.15) is 18.4 Å². The zero-order valence-corrected chi connectivity index (χ0v) is 20.9. The van der Waals surface area contributed by atoms with Crippen LogP contribution < -0.4 is 4.31 Å². The van der Waals surface area contributed by atoms with Crippen molar-refractivity contribution in [3.8, 4) is 0 Å². The molecule has 4 rings (SSSR count). The number of piperidine rings is 1. The van der Waals surface area contributed by atoms with Gasteiger partial charge >= 0.3 is 0 Å². The first-order valence-electron chi connectivity index (χ1n) is 11.2. The molecule has 8 heteroatoms. The van der Waals surface area contributed by atoms with Crippen molar-refractivity contribution >= 4 is 44.8 Å². The summed E-state index contributed by atoms with van der Waals surface area (Å²) < 4.78 is 28.1. The van der Waals surface area contributed by atoms with Crippen molar-refractivity contribution in [1.29, 1.82) is 0 Å². The van der Waals surface area contributed by atoms with Crippen LogP contribution in [-0.4, -0.2) is 38.9 Å². The maximum atomic E-state index is 13.5. The van der Waals surface area contributed by atoms with E-state index in [9.17, 15) is 13.2 Å². The molecule has 1 heterocycles.